The number of benzene rings is 1. The lowest BCUT2D eigenvalue weighted by Crippen LogP contribution is -2.62. The highest BCUT2D eigenvalue weighted by molar-refractivity contribution is 7.15. The summed E-state index contributed by atoms with van der Waals surface area (Å²) in [4.78, 5) is 41.0. The van der Waals surface area contributed by atoms with Gasteiger partial charge in [0.25, 0.3) is 0 Å². The van der Waals surface area contributed by atoms with Crippen molar-refractivity contribution in [1.82, 2.24) is 10.3 Å². The molecule has 0 saturated carbocycles. The van der Waals surface area contributed by atoms with E-state index in [9.17, 15) is 14.4 Å². The lowest BCUT2D eigenvalue weighted by Gasteiger charge is -2.34. The summed E-state index contributed by atoms with van der Waals surface area (Å²) >= 11 is 1.24. The summed E-state index contributed by atoms with van der Waals surface area (Å²) in [6.45, 7) is 5.47. The molecule has 1 saturated heterocycles. The molecule has 9 heteroatoms. The first-order chi connectivity index (χ1) is 13.7. The third kappa shape index (κ3) is 5.77. The minimum absolute atomic E-state index is 0.156. The van der Waals surface area contributed by atoms with Crippen molar-refractivity contribution in [3.05, 3.63) is 47.0 Å². The topological polar surface area (TPSA) is 107 Å². The van der Waals surface area contributed by atoms with Gasteiger partial charge < -0.3 is 14.8 Å². The number of rotatable bonds is 6. The largest absolute Gasteiger partial charge is 0.459 e. The number of β-lactam (4-membered cyclic amide) rings is 1. The summed E-state index contributed by atoms with van der Waals surface area (Å²) in [5.74, 6) is -1.19. The van der Waals surface area contributed by atoms with E-state index in [0.29, 0.717) is 11.6 Å². The fourth-order valence-electron chi connectivity index (χ4n) is 2.74. The van der Waals surface area contributed by atoms with E-state index in [1.165, 1.54) is 11.3 Å². The third-order valence-electron chi connectivity index (χ3n) is 4.10. The molecule has 2 amide bonds. The van der Waals surface area contributed by atoms with Gasteiger partial charge in [0, 0.05) is 11.1 Å². The SMILES string of the molecule is CC(C)(C)OC(=O)Nc1ncc(C[C@H]2C(=O)N[C@@H]2C(=O)OCc2ccccc2)s1. The lowest BCUT2D eigenvalue weighted by atomic mass is 9.87. The average molecular weight is 417 g/mol. The number of aromatic nitrogens is 1. The molecule has 154 valence electrons. The van der Waals surface area contributed by atoms with Crippen LogP contribution < -0.4 is 10.6 Å². The summed E-state index contributed by atoms with van der Waals surface area (Å²) in [5, 5.41) is 5.53. The number of amides is 2. The van der Waals surface area contributed by atoms with E-state index in [1.807, 2.05) is 30.3 Å². The number of nitrogens with one attached hydrogen (secondary N) is 2. The minimum Gasteiger partial charge on any atom is -0.459 e. The highest BCUT2D eigenvalue weighted by Crippen LogP contribution is 2.27. The Bertz CT molecular complexity index is 891. The number of thiazole rings is 1. The number of carbonyl (C=O) groups is 3. The Hall–Kier alpha value is -2.94. The molecule has 2 heterocycles. The standard InChI is InChI=1S/C20H23N3O5S/c1-20(2,3)28-19(26)23-18-21-10-13(29-18)9-14-15(22-16(14)24)17(25)27-11-12-7-5-4-6-8-12/h4-8,10,14-15H,9,11H2,1-3H3,(H,22,24)(H,21,23,26)/t14-,15+/m1/s1. The van der Waals surface area contributed by atoms with Gasteiger partial charge in [-0.15, -0.1) is 11.3 Å². The molecule has 3 rings (SSSR count). The Balaban J connectivity index is 1.52. The highest BCUT2D eigenvalue weighted by atomic mass is 32.1. The lowest BCUT2D eigenvalue weighted by molar-refractivity contribution is -0.158. The molecule has 1 fully saturated rings. The minimum atomic E-state index is -0.685. The van der Waals surface area contributed by atoms with Gasteiger partial charge in [0.1, 0.15) is 18.2 Å². The van der Waals surface area contributed by atoms with Crippen LogP contribution in [0.2, 0.25) is 0 Å². The Morgan fingerprint density at radius 3 is 2.62 bits per heavy atom. The maximum atomic E-state index is 12.3. The van der Waals surface area contributed by atoms with Crippen molar-refractivity contribution in [3.63, 3.8) is 0 Å². The molecule has 2 N–H and O–H groups in total. The molecule has 8 nitrogen and oxygen atoms in total. The monoisotopic (exact) mass is 417 g/mol. The van der Waals surface area contributed by atoms with Crippen LogP contribution in [0.25, 0.3) is 0 Å². The fraction of sp³-hybridized carbons (Fsp3) is 0.400. The van der Waals surface area contributed by atoms with Gasteiger partial charge >= 0.3 is 12.1 Å². The van der Waals surface area contributed by atoms with Gasteiger partial charge in [-0.25, -0.2) is 14.6 Å². The Labute approximate surface area is 172 Å². The molecular weight excluding hydrogens is 394 g/mol. The zero-order valence-corrected chi connectivity index (χ0v) is 17.2. The Morgan fingerprint density at radius 1 is 1.24 bits per heavy atom. The van der Waals surface area contributed by atoms with Crippen molar-refractivity contribution in [2.75, 3.05) is 5.32 Å². The van der Waals surface area contributed by atoms with Crippen LogP contribution in [0.15, 0.2) is 36.5 Å². The van der Waals surface area contributed by atoms with E-state index in [1.54, 1.807) is 27.0 Å². The smallest absolute Gasteiger partial charge is 0.413 e. The molecule has 29 heavy (non-hydrogen) atoms. The summed E-state index contributed by atoms with van der Waals surface area (Å²) in [6, 6.07) is 8.65. The molecule has 0 bridgehead atoms. The summed E-state index contributed by atoms with van der Waals surface area (Å²) in [6.07, 6.45) is 1.32. The highest BCUT2D eigenvalue weighted by Gasteiger charge is 2.45. The van der Waals surface area contributed by atoms with Crippen molar-refractivity contribution < 1.29 is 23.9 Å². The van der Waals surface area contributed by atoms with E-state index >= 15 is 0 Å². The predicted molar refractivity (Wildman–Crippen MR) is 107 cm³/mol. The van der Waals surface area contributed by atoms with Crippen molar-refractivity contribution in [2.45, 2.75) is 45.4 Å². The molecule has 0 unspecified atom stereocenters. The van der Waals surface area contributed by atoms with Crippen LogP contribution >= 0.6 is 11.3 Å². The number of anilines is 1. The maximum absolute atomic E-state index is 12.3. The van der Waals surface area contributed by atoms with Crippen LogP contribution in [-0.2, 0) is 32.1 Å². The molecule has 0 radical (unpaired) electrons. The molecule has 2 aromatic rings. The molecule has 0 aliphatic carbocycles. The third-order valence-corrected chi connectivity index (χ3v) is 5.03. The van der Waals surface area contributed by atoms with Crippen LogP contribution in [0, 0.1) is 5.92 Å². The molecule has 1 aliphatic heterocycles. The number of nitrogens with zero attached hydrogens (tertiary/aromatic N) is 1. The Kier molecular flexibility index (Phi) is 6.17. The van der Waals surface area contributed by atoms with E-state index in [-0.39, 0.29) is 12.5 Å². The van der Waals surface area contributed by atoms with E-state index < -0.39 is 29.6 Å². The van der Waals surface area contributed by atoms with Gasteiger partial charge in [-0.05, 0) is 32.8 Å². The first-order valence-electron chi connectivity index (χ1n) is 9.17. The number of hydrogen-bond donors (Lipinski definition) is 2. The zero-order valence-electron chi connectivity index (χ0n) is 16.4. The molecule has 1 aromatic carbocycles. The second-order valence-corrected chi connectivity index (χ2v) is 8.76. The average Bonchev–Trinajstić information content (AvgIpc) is 3.08. The normalized spacial score (nSPS) is 18.4. The van der Waals surface area contributed by atoms with Gasteiger partial charge in [0.05, 0.1) is 5.92 Å². The van der Waals surface area contributed by atoms with Gasteiger partial charge in [-0.2, -0.15) is 0 Å². The second-order valence-electron chi connectivity index (χ2n) is 7.65. The predicted octanol–water partition coefficient (Wildman–Crippen LogP) is 2.89. The fourth-order valence-corrected chi connectivity index (χ4v) is 3.59. The summed E-state index contributed by atoms with van der Waals surface area (Å²) in [7, 11) is 0. The van der Waals surface area contributed by atoms with Crippen LogP contribution in [0.3, 0.4) is 0 Å². The van der Waals surface area contributed by atoms with Gasteiger partial charge in [0.2, 0.25) is 5.91 Å². The van der Waals surface area contributed by atoms with Crippen LogP contribution in [0.4, 0.5) is 9.93 Å². The number of hydrogen-bond acceptors (Lipinski definition) is 7. The number of esters is 1. The first-order valence-corrected chi connectivity index (χ1v) is 9.98. The quantitative estimate of drug-likeness (QED) is 0.553. The summed E-state index contributed by atoms with van der Waals surface area (Å²) in [5.41, 5.74) is 0.269. The van der Waals surface area contributed by atoms with Crippen LogP contribution in [0.5, 0.6) is 0 Å². The van der Waals surface area contributed by atoms with E-state index in [4.69, 9.17) is 9.47 Å². The molecular formula is C20H23N3O5S. The molecule has 1 aliphatic rings. The van der Waals surface area contributed by atoms with E-state index in [0.717, 1.165) is 10.4 Å². The second kappa shape index (κ2) is 8.60. The van der Waals surface area contributed by atoms with Crippen molar-refractivity contribution in [2.24, 2.45) is 5.92 Å². The maximum Gasteiger partial charge on any atom is 0.413 e. The molecule has 2 atom stereocenters. The van der Waals surface area contributed by atoms with Gasteiger partial charge in [-0.1, -0.05) is 30.3 Å². The first kappa shape index (κ1) is 20.8. The van der Waals surface area contributed by atoms with Crippen molar-refractivity contribution in [1.29, 1.82) is 0 Å². The number of carbonyl (C=O) groups excluding carboxylic acids is 3. The van der Waals surface area contributed by atoms with Gasteiger partial charge in [0.15, 0.2) is 5.13 Å². The van der Waals surface area contributed by atoms with Crippen LogP contribution in [0.1, 0.15) is 31.2 Å². The van der Waals surface area contributed by atoms with Crippen molar-refractivity contribution in [3.8, 4) is 0 Å². The van der Waals surface area contributed by atoms with Crippen LogP contribution in [-0.4, -0.2) is 34.6 Å². The van der Waals surface area contributed by atoms with E-state index in [2.05, 4.69) is 15.6 Å². The molecule has 1 aromatic heterocycles. The van der Waals surface area contributed by atoms with Gasteiger partial charge in [-0.3, -0.25) is 10.1 Å². The van der Waals surface area contributed by atoms with Crippen molar-refractivity contribution >= 4 is 34.4 Å². The summed E-state index contributed by atoms with van der Waals surface area (Å²) < 4.78 is 10.5. The zero-order chi connectivity index (χ0) is 21.0. The Morgan fingerprint density at radius 2 is 1.97 bits per heavy atom. The number of ether oxygens (including phenoxy) is 2. The molecule has 0 spiro atoms.